The van der Waals surface area contributed by atoms with Crippen LogP contribution in [0.1, 0.15) is 27.2 Å². The van der Waals surface area contributed by atoms with Gasteiger partial charge in [0.15, 0.2) is 0 Å². The smallest absolute Gasteiger partial charge is 0.227 e. The Labute approximate surface area is 95.6 Å². The minimum atomic E-state index is -0.944. The first-order valence-corrected chi connectivity index (χ1v) is 5.51. The van der Waals surface area contributed by atoms with Gasteiger partial charge in [0.1, 0.15) is 0 Å². The molecule has 0 heterocycles. The number of hydrogen-bond acceptors (Lipinski definition) is 3. The van der Waals surface area contributed by atoms with E-state index in [1.165, 1.54) is 0 Å². The summed E-state index contributed by atoms with van der Waals surface area (Å²) in [7, 11) is 0. The van der Waals surface area contributed by atoms with E-state index in [9.17, 15) is 4.79 Å². The molecule has 0 aliphatic carbocycles. The van der Waals surface area contributed by atoms with E-state index in [-0.39, 0.29) is 25.0 Å². The summed E-state index contributed by atoms with van der Waals surface area (Å²) in [6.45, 7) is 4.64. The van der Waals surface area contributed by atoms with Crippen LogP contribution in [0, 0.1) is 5.41 Å². The van der Waals surface area contributed by atoms with Crippen LogP contribution in [-0.4, -0.2) is 40.8 Å². The molecule has 3 N–H and O–H groups in total. The number of aliphatic hydroxyl groups excluding tert-OH is 2. The van der Waals surface area contributed by atoms with Gasteiger partial charge in [0, 0.05) is 5.88 Å². The van der Waals surface area contributed by atoms with Crippen molar-refractivity contribution in [2.45, 2.75) is 32.7 Å². The van der Waals surface area contributed by atoms with Crippen molar-refractivity contribution in [2.24, 2.45) is 5.41 Å². The minimum Gasteiger partial charge on any atom is -0.394 e. The molecule has 0 saturated heterocycles. The molecular weight excluding hydrogens is 218 g/mol. The van der Waals surface area contributed by atoms with Crippen molar-refractivity contribution in [2.75, 3.05) is 19.1 Å². The number of halogens is 1. The largest absolute Gasteiger partial charge is 0.394 e. The number of carbonyl (C=O) groups is 1. The number of carbonyl (C=O) groups excluding carboxylic acids is 1. The Morgan fingerprint density at radius 2 is 1.80 bits per heavy atom. The fourth-order valence-electron chi connectivity index (χ4n) is 0.912. The van der Waals surface area contributed by atoms with Crippen LogP contribution >= 0.6 is 11.6 Å². The van der Waals surface area contributed by atoms with E-state index in [0.717, 1.165) is 0 Å². The standard InChI is InChI=1S/C10H20ClNO3/c1-4-10(6-13,7-14)12-8(15)9(2,3)5-11/h13-14H,4-7H2,1-3H3,(H,12,15). The molecule has 0 aromatic rings. The van der Waals surface area contributed by atoms with Gasteiger partial charge in [-0.3, -0.25) is 4.79 Å². The fourth-order valence-corrected chi connectivity index (χ4v) is 1.03. The van der Waals surface area contributed by atoms with Gasteiger partial charge in [-0.2, -0.15) is 0 Å². The van der Waals surface area contributed by atoms with Crippen LogP contribution in [0.25, 0.3) is 0 Å². The third-order valence-corrected chi connectivity index (χ3v) is 3.28. The summed E-state index contributed by atoms with van der Waals surface area (Å²) in [5, 5.41) is 21.0. The van der Waals surface area contributed by atoms with Gasteiger partial charge in [0.05, 0.1) is 24.2 Å². The number of rotatable bonds is 6. The summed E-state index contributed by atoms with van der Waals surface area (Å²) < 4.78 is 0. The summed E-state index contributed by atoms with van der Waals surface area (Å²) in [5.41, 5.74) is -1.65. The topological polar surface area (TPSA) is 69.6 Å². The van der Waals surface area contributed by atoms with Gasteiger partial charge >= 0.3 is 0 Å². The first-order valence-electron chi connectivity index (χ1n) is 4.98. The Balaban J connectivity index is 4.62. The van der Waals surface area contributed by atoms with Crippen LogP contribution in [0.5, 0.6) is 0 Å². The van der Waals surface area contributed by atoms with Crippen molar-refractivity contribution in [1.82, 2.24) is 5.32 Å². The van der Waals surface area contributed by atoms with Crippen LogP contribution in [-0.2, 0) is 4.79 Å². The van der Waals surface area contributed by atoms with E-state index >= 15 is 0 Å². The molecule has 0 bridgehead atoms. The van der Waals surface area contributed by atoms with Crippen molar-refractivity contribution >= 4 is 17.5 Å². The van der Waals surface area contributed by atoms with E-state index in [4.69, 9.17) is 21.8 Å². The zero-order chi connectivity index (χ0) is 12.1. The first-order chi connectivity index (χ1) is 6.87. The summed E-state index contributed by atoms with van der Waals surface area (Å²) in [4.78, 5) is 11.8. The lowest BCUT2D eigenvalue weighted by atomic mass is 9.91. The van der Waals surface area contributed by atoms with Gasteiger partial charge < -0.3 is 15.5 Å². The van der Waals surface area contributed by atoms with Crippen molar-refractivity contribution in [3.63, 3.8) is 0 Å². The molecule has 0 rings (SSSR count). The molecular formula is C10H20ClNO3. The highest BCUT2D eigenvalue weighted by Gasteiger charge is 2.34. The number of amides is 1. The van der Waals surface area contributed by atoms with E-state index in [1.807, 2.05) is 0 Å². The monoisotopic (exact) mass is 237 g/mol. The van der Waals surface area contributed by atoms with Crippen molar-refractivity contribution in [3.8, 4) is 0 Å². The summed E-state index contributed by atoms with van der Waals surface area (Å²) >= 11 is 5.66. The molecule has 0 saturated carbocycles. The van der Waals surface area contributed by atoms with E-state index in [0.29, 0.717) is 6.42 Å². The second kappa shape index (κ2) is 5.68. The molecule has 1 amide bonds. The third kappa shape index (κ3) is 3.63. The predicted octanol–water partition coefficient (Wildman–Crippen LogP) is 0.501. The van der Waals surface area contributed by atoms with Gasteiger partial charge in [-0.25, -0.2) is 0 Å². The molecule has 0 aromatic heterocycles. The van der Waals surface area contributed by atoms with Crippen LogP contribution < -0.4 is 5.32 Å². The Bertz CT molecular complexity index is 206. The average Bonchev–Trinajstić information content (AvgIpc) is 2.25. The lowest BCUT2D eigenvalue weighted by molar-refractivity contribution is -0.131. The normalized spacial score (nSPS) is 12.7. The number of aliphatic hydroxyl groups is 2. The maximum absolute atomic E-state index is 11.8. The first kappa shape index (κ1) is 14.7. The quantitative estimate of drug-likeness (QED) is 0.590. The van der Waals surface area contributed by atoms with Gasteiger partial charge in [-0.15, -0.1) is 11.6 Å². The number of hydrogen-bond donors (Lipinski definition) is 3. The molecule has 0 aliphatic heterocycles. The Hall–Kier alpha value is -0.320. The average molecular weight is 238 g/mol. The molecule has 4 nitrogen and oxygen atoms in total. The van der Waals surface area contributed by atoms with Crippen LogP contribution in [0.15, 0.2) is 0 Å². The molecule has 0 atom stereocenters. The lowest BCUT2D eigenvalue weighted by Crippen LogP contribution is -2.57. The SMILES string of the molecule is CCC(CO)(CO)NC(=O)C(C)(C)CCl. The second-order valence-corrected chi connectivity index (χ2v) is 4.69. The number of nitrogens with one attached hydrogen (secondary N) is 1. The van der Waals surface area contributed by atoms with Crippen molar-refractivity contribution < 1.29 is 15.0 Å². The van der Waals surface area contributed by atoms with E-state index in [2.05, 4.69) is 5.32 Å². The maximum atomic E-state index is 11.8. The van der Waals surface area contributed by atoms with Gasteiger partial charge in [0.25, 0.3) is 0 Å². The highest BCUT2D eigenvalue weighted by molar-refractivity contribution is 6.19. The summed E-state index contributed by atoms with van der Waals surface area (Å²) in [6.07, 6.45) is 0.462. The summed E-state index contributed by atoms with van der Waals surface area (Å²) in [5.74, 6) is -0.0717. The predicted molar refractivity (Wildman–Crippen MR) is 59.8 cm³/mol. The van der Waals surface area contributed by atoms with Gasteiger partial charge in [0.2, 0.25) is 5.91 Å². The van der Waals surface area contributed by atoms with E-state index < -0.39 is 11.0 Å². The fraction of sp³-hybridized carbons (Fsp3) is 0.900. The summed E-state index contributed by atoms with van der Waals surface area (Å²) in [6, 6.07) is 0. The van der Waals surface area contributed by atoms with Crippen LogP contribution in [0.2, 0.25) is 0 Å². The Kier molecular flexibility index (Phi) is 5.56. The molecule has 0 radical (unpaired) electrons. The molecule has 0 aromatic carbocycles. The maximum Gasteiger partial charge on any atom is 0.227 e. The van der Waals surface area contributed by atoms with Crippen LogP contribution in [0.4, 0.5) is 0 Å². The van der Waals surface area contributed by atoms with E-state index in [1.54, 1.807) is 20.8 Å². The van der Waals surface area contributed by atoms with Crippen molar-refractivity contribution in [3.05, 3.63) is 0 Å². The Morgan fingerprint density at radius 3 is 2.07 bits per heavy atom. The molecule has 5 heteroatoms. The molecule has 0 aliphatic rings. The molecule has 15 heavy (non-hydrogen) atoms. The molecule has 0 unspecified atom stereocenters. The Morgan fingerprint density at radius 1 is 1.33 bits per heavy atom. The lowest BCUT2D eigenvalue weighted by Gasteiger charge is -2.33. The zero-order valence-corrected chi connectivity index (χ0v) is 10.3. The molecule has 90 valence electrons. The molecule has 0 fully saturated rings. The zero-order valence-electron chi connectivity index (χ0n) is 9.51. The molecule has 0 spiro atoms. The number of alkyl halides is 1. The highest BCUT2D eigenvalue weighted by Crippen LogP contribution is 2.19. The third-order valence-electron chi connectivity index (χ3n) is 2.61. The minimum absolute atomic E-state index is 0.190. The van der Waals surface area contributed by atoms with Gasteiger partial charge in [-0.05, 0) is 20.3 Å². The van der Waals surface area contributed by atoms with Crippen LogP contribution in [0.3, 0.4) is 0 Å². The highest BCUT2D eigenvalue weighted by atomic mass is 35.5. The van der Waals surface area contributed by atoms with Crippen molar-refractivity contribution in [1.29, 1.82) is 0 Å². The second-order valence-electron chi connectivity index (χ2n) is 4.42. The van der Waals surface area contributed by atoms with Gasteiger partial charge in [-0.1, -0.05) is 6.92 Å².